The van der Waals surface area contributed by atoms with Gasteiger partial charge in [-0.15, -0.1) is 0 Å². The van der Waals surface area contributed by atoms with E-state index in [4.69, 9.17) is 0 Å². The molecule has 0 radical (unpaired) electrons. The molecule has 0 aliphatic heterocycles. The van der Waals surface area contributed by atoms with E-state index in [1.807, 2.05) is 0 Å². The third kappa shape index (κ3) is 7.04. The van der Waals surface area contributed by atoms with Crippen LogP contribution in [0.1, 0.15) is 12.8 Å². The van der Waals surface area contributed by atoms with Gasteiger partial charge in [-0.05, 0) is 6.08 Å². The molecular weight excluding hydrogens is 268 g/mol. The van der Waals surface area contributed by atoms with Crippen LogP contribution in [0, 0.1) is 0 Å². The number of carbonyl (C=O) groups is 5. The summed E-state index contributed by atoms with van der Waals surface area (Å²) in [6.07, 6.45) is 2.99. The van der Waals surface area contributed by atoms with Crippen LogP contribution in [0.3, 0.4) is 0 Å². The molecule has 0 saturated heterocycles. The van der Waals surface area contributed by atoms with Crippen molar-refractivity contribution in [3.8, 4) is 0 Å². The van der Waals surface area contributed by atoms with Crippen LogP contribution in [0.15, 0.2) is 12.2 Å². The second-order valence-electron chi connectivity index (χ2n) is 3.75. The molecule has 0 saturated carbocycles. The zero-order valence-corrected chi connectivity index (χ0v) is 11.3. The highest BCUT2D eigenvalue weighted by atomic mass is 16.7. The van der Waals surface area contributed by atoms with Crippen molar-refractivity contribution in [2.75, 3.05) is 20.6 Å². The Morgan fingerprint density at radius 1 is 1.15 bits per heavy atom. The van der Waals surface area contributed by atoms with Crippen LogP contribution in [-0.4, -0.2) is 61.0 Å². The van der Waals surface area contributed by atoms with Crippen LogP contribution >= 0.6 is 0 Å². The summed E-state index contributed by atoms with van der Waals surface area (Å²) >= 11 is 0. The summed E-state index contributed by atoms with van der Waals surface area (Å²) in [6.45, 7) is -0.382. The van der Waals surface area contributed by atoms with Gasteiger partial charge >= 0.3 is 5.97 Å². The third-order valence-corrected chi connectivity index (χ3v) is 2.13. The Morgan fingerprint density at radius 3 is 2.35 bits per heavy atom. The van der Waals surface area contributed by atoms with Gasteiger partial charge in [-0.3, -0.25) is 14.4 Å². The van der Waals surface area contributed by atoms with Gasteiger partial charge in [0, 0.05) is 33.0 Å². The van der Waals surface area contributed by atoms with Crippen molar-refractivity contribution in [2.45, 2.75) is 12.8 Å². The Kier molecular flexibility index (Phi) is 8.24. The Labute approximate surface area is 115 Å². The van der Waals surface area contributed by atoms with Gasteiger partial charge in [0.15, 0.2) is 0 Å². The molecule has 0 aromatic heterocycles. The number of hydrogen-bond donors (Lipinski definition) is 0. The first kappa shape index (κ1) is 17.5. The summed E-state index contributed by atoms with van der Waals surface area (Å²) in [5.41, 5.74) is 0. The van der Waals surface area contributed by atoms with E-state index >= 15 is 0 Å². The van der Waals surface area contributed by atoms with E-state index in [9.17, 15) is 24.0 Å². The molecule has 0 aromatic rings. The highest BCUT2D eigenvalue weighted by Gasteiger charge is 2.17. The average molecular weight is 284 g/mol. The molecule has 0 fully saturated rings. The summed E-state index contributed by atoms with van der Waals surface area (Å²) in [7, 11) is 2.58. The van der Waals surface area contributed by atoms with E-state index in [-0.39, 0.29) is 19.4 Å². The van der Waals surface area contributed by atoms with Gasteiger partial charge in [-0.2, -0.15) is 5.06 Å². The Bertz CT molecular complexity index is 418. The third-order valence-electron chi connectivity index (χ3n) is 2.13. The molecule has 0 aliphatic rings. The van der Waals surface area contributed by atoms with Crippen LogP contribution < -0.4 is 0 Å². The molecule has 0 heterocycles. The standard InChI is InChI=1S/C12H16N2O6/c1-13(10(17)5-3-7-15)9-12(19)20-14(2)11(18)6-4-8-16/h3,5,7-8H,4,6,9H2,1-2H3/b5-3-. The maximum Gasteiger partial charge on any atom is 0.351 e. The molecule has 0 aliphatic carbocycles. The monoisotopic (exact) mass is 284 g/mol. The second kappa shape index (κ2) is 9.42. The van der Waals surface area contributed by atoms with Crippen molar-refractivity contribution in [1.82, 2.24) is 9.96 Å². The van der Waals surface area contributed by atoms with Crippen molar-refractivity contribution < 1.29 is 28.8 Å². The predicted octanol–water partition coefficient (Wildman–Crippen LogP) is -0.904. The van der Waals surface area contributed by atoms with Gasteiger partial charge in [0.2, 0.25) is 5.91 Å². The van der Waals surface area contributed by atoms with Gasteiger partial charge in [-0.1, -0.05) is 0 Å². The average Bonchev–Trinajstić information content (AvgIpc) is 2.41. The first-order valence-electron chi connectivity index (χ1n) is 5.70. The SMILES string of the molecule is CN(CC(=O)ON(C)C(=O)CCC=O)C(=O)/C=C\C=O. The summed E-state index contributed by atoms with van der Waals surface area (Å²) < 4.78 is 0. The first-order chi connectivity index (χ1) is 9.42. The molecule has 0 spiro atoms. The summed E-state index contributed by atoms with van der Waals surface area (Å²) in [4.78, 5) is 60.0. The maximum atomic E-state index is 11.4. The number of hydroxylamine groups is 2. The van der Waals surface area contributed by atoms with E-state index in [1.165, 1.54) is 14.1 Å². The molecule has 0 unspecified atom stereocenters. The molecule has 2 amide bonds. The lowest BCUT2D eigenvalue weighted by Gasteiger charge is -2.18. The van der Waals surface area contributed by atoms with E-state index in [0.717, 1.165) is 17.1 Å². The first-order valence-corrected chi connectivity index (χ1v) is 5.70. The highest BCUT2D eigenvalue weighted by Crippen LogP contribution is 1.97. The highest BCUT2D eigenvalue weighted by molar-refractivity contribution is 5.92. The van der Waals surface area contributed by atoms with Crippen LogP contribution in [0.5, 0.6) is 0 Å². The molecule has 0 bridgehead atoms. The zero-order chi connectivity index (χ0) is 15.5. The summed E-state index contributed by atoms with van der Waals surface area (Å²) in [5, 5.41) is 0.714. The van der Waals surface area contributed by atoms with Crippen molar-refractivity contribution in [3.05, 3.63) is 12.2 Å². The van der Waals surface area contributed by atoms with Crippen LogP contribution in [0.2, 0.25) is 0 Å². The van der Waals surface area contributed by atoms with Crippen LogP contribution in [0.25, 0.3) is 0 Å². The molecule has 110 valence electrons. The molecule has 20 heavy (non-hydrogen) atoms. The van der Waals surface area contributed by atoms with Crippen molar-refractivity contribution in [1.29, 1.82) is 0 Å². The van der Waals surface area contributed by atoms with Crippen LogP contribution in [0.4, 0.5) is 0 Å². The Hall–Kier alpha value is -2.51. The van der Waals surface area contributed by atoms with E-state index < -0.39 is 17.8 Å². The molecule has 8 nitrogen and oxygen atoms in total. The number of amides is 2. The number of allylic oxidation sites excluding steroid dienone is 1. The lowest BCUT2D eigenvalue weighted by Crippen LogP contribution is -2.37. The van der Waals surface area contributed by atoms with Gasteiger partial charge in [0.1, 0.15) is 19.1 Å². The van der Waals surface area contributed by atoms with Gasteiger partial charge in [-0.25, -0.2) is 4.79 Å². The van der Waals surface area contributed by atoms with E-state index in [2.05, 4.69) is 4.84 Å². The maximum absolute atomic E-state index is 11.4. The minimum atomic E-state index is -0.817. The number of likely N-dealkylation sites (N-methyl/N-ethyl adjacent to an activating group) is 1. The fourth-order valence-electron chi connectivity index (χ4n) is 1.09. The van der Waals surface area contributed by atoms with Crippen molar-refractivity contribution in [3.63, 3.8) is 0 Å². The zero-order valence-electron chi connectivity index (χ0n) is 11.3. The molecule has 0 rings (SSSR count). The lowest BCUT2D eigenvalue weighted by molar-refractivity contribution is -0.193. The van der Waals surface area contributed by atoms with Crippen molar-refractivity contribution >= 4 is 30.4 Å². The topological polar surface area (TPSA) is 101 Å². The van der Waals surface area contributed by atoms with E-state index in [0.29, 0.717) is 17.6 Å². The normalized spacial score (nSPS) is 9.90. The molecule has 8 heteroatoms. The van der Waals surface area contributed by atoms with Gasteiger partial charge in [0.25, 0.3) is 5.91 Å². The number of aldehydes is 2. The molecule has 0 atom stereocenters. The molecular formula is C12H16N2O6. The smallest absolute Gasteiger partial charge is 0.336 e. The number of hydrogen-bond acceptors (Lipinski definition) is 6. The summed E-state index contributed by atoms with van der Waals surface area (Å²) in [5.74, 6) is -1.90. The van der Waals surface area contributed by atoms with Crippen LogP contribution in [-0.2, 0) is 28.8 Å². The number of nitrogens with zero attached hydrogens (tertiary/aromatic N) is 2. The number of rotatable bonds is 7. The van der Waals surface area contributed by atoms with Gasteiger partial charge in [0.05, 0.1) is 0 Å². The Balaban J connectivity index is 4.24. The fraction of sp³-hybridized carbons (Fsp3) is 0.417. The fourth-order valence-corrected chi connectivity index (χ4v) is 1.09. The quantitative estimate of drug-likeness (QED) is 0.341. The minimum absolute atomic E-state index is 0.0373. The summed E-state index contributed by atoms with van der Waals surface area (Å²) in [6, 6.07) is 0. The number of carbonyl (C=O) groups excluding carboxylic acids is 5. The predicted molar refractivity (Wildman–Crippen MR) is 67.0 cm³/mol. The lowest BCUT2D eigenvalue weighted by atomic mass is 10.3. The van der Waals surface area contributed by atoms with Crippen molar-refractivity contribution in [2.24, 2.45) is 0 Å². The largest absolute Gasteiger partial charge is 0.351 e. The van der Waals surface area contributed by atoms with E-state index in [1.54, 1.807) is 0 Å². The molecule has 0 aromatic carbocycles. The Morgan fingerprint density at radius 2 is 1.80 bits per heavy atom. The minimum Gasteiger partial charge on any atom is -0.336 e. The van der Waals surface area contributed by atoms with Gasteiger partial charge < -0.3 is 14.5 Å². The second-order valence-corrected chi connectivity index (χ2v) is 3.75. The molecule has 0 N–H and O–H groups in total.